The van der Waals surface area contributed by atoms with Gasteiger partial charge in [-0.1, -0.05) is 42.1 Å². The molecule has 2 bridgehead atoms. The fraction of sp³-hybridized carbons (Fsp3) is 0.429. The number of amides is 1. The number of likely N-dealkylation sites (tertiary alicyclic amines) is 1. The number of hydrogen-bond donors (Lipinski definition) is 1. The number of thioether (sulfide) groups is 1. The Morgan fingerprint density at radius 3 is 2.57 bits per heavy atom. The number of hydrogen-bond acceptors (Lipinski definition) is 8. The minimum absolute atomic E-state index is 0.125. The van der Waals surface area contributed by atoms with Crippen LogP contribution in [0.15, 0.2) is 59.9 Å². The number of nitrogens with one attached hydrogen (secondary N) is 1. The number of piperazine rings is 1. The standard InChI is InChI=1S/C28H34N6O2S/c1-18(19-9-7-6-8-10-19)30-24-13-20(11-12-29-24)23-15-25(32-26(31-23)37-5)33-16-22-14-21(33)17-34(22)27(35)36-28(2,3)4/h6-13,15,18,21-22H,14,16-17H2,1-5H3,(H,29,30). The van der Waals surface area contributed by atoms with Crippen molar-refractivity contribution in [1.29, 1.82) is 0 Å². The summed E-state index contributed by atoms with van der Waals surface area (Å²) >= 11 is 1.53. The van der Waals surface area contributed by atoms with E-state index >= 15 is 0 Å². The van der Waals surface area contributed by atoms with E-state index in [1.165, 1.54) is 17.3 Å². The molecule has 3 unspecified atom stereocenters. The summed E-state index contributed by atoms with van der Waals surface area (Å²) in [5.74, 6) is 1.70. The lowest BCUT2D eigenvalue weighted by Gasteiger charge is -2.35. The lowest BCUT2D eigenvalue weighted by Crippen LogP contribution is -2.50. The third kappa shape index (κ3) is 5.66. The number of benzene rings is 1. The van der Waals surface area contributed by atoms with Crippen LogP contribution in [0.1, 0.15) is 45.7 Å². The van der Waals surface area contributed by atoms with E-state index < -0.39 is 5.60 Å². The number of carbonyl (C=O) groups is 1. The van der Waals surface area contributed by atoms with Crippen molar-refractivity contribution in [3.63, 3.8) is 0 Å². The Balaban J connectivity index is 1.35. The summed E-state index contributed by atoms with van der Waals surface area (Å²) in [6.45, 7) is 9.22. The highest BCUT2D eigenvalue weighted by Crippen LogP contribution is 2.36. The van der Waals surface area contributed by atoms with Gasteiger partial charge in [0.2, 0.25) is 0 Å². The molecule has 1 amide bonds. The van der Waals surface area contributed by atoms with E-state index in [1.807, 2.05) is 68.5 Å². The van der Waals surface area contributed by atoms with E-state index in [-0.39, 0.29) is 24.2 Å². The normalized spacial score (nSPS) is 19.7. The zero-order chi connectivity index (χ0) is 26.2. The van der Waals surface area contributed by atoms with Crippen molar-refractivity contribution < 1.29 is 9.53 Å². The second-order valence-electron chi connectivity index (χ2n) is 10.6. The zero-order valence-electron chi connectivity index (χ0n) is 22.0. The van der Waals surface area contributed by atoms with Gasteiger partial charge < -0.3 is 19.9 Å². The number of carbonyl (C=O) groups excluding carboxylic acids is 1. The van der Waals surface area contributed by atoms with Gasteiger partial charge in [0, 0.05) is 37.0 Å². The first-order chi connectivity index (χ1) is 17.7. The molecule has 3 atom stereocenters. The summed E-state index contributed by atoms with van der Waals surface area (Å²) in [5, 5.41) is 4.23. The fourth-order valence-electron chi connectivity index (χ4n) is 5.01. The van der Waals surface area contributed by atoms with Crippen LogP contribution in [0.4, 0.5) is 16.4 Å². The molecule has 37 heavy (non-hydrogen) atoms. The molecule has 5 rings (SSSR count). The maximum Gasteiger partial charge on any atom is 0.410 e. The number of rotatable bonds is 6. The van der Waals surface area contributed by atoms with E-state index in [1.54, 1.807) is 0 Å². The lowest BCUT2D eigenvalue weighted by molar-refractivity contribution is 0.0214. The monoisotopic (exact) mass is 518 g/mol. The SMILES string of the molecule is CSc1nc(-c2ccnc(NC(C)c3ccccc3)c2)cc(N2CC3CC2CN3C(=O)OC(C)(C)C)n1. The van der Waals surface area contributed by atoms with E-state index in [2.05, 4.69) is 40.3 Å². The average Bonchev–Trinajstić information content (AvgIpc) is 3.50. The number of ether oxygens (including phenoxy) is 1. The summed E-state index contributed by atoms with van der Waals surface area (Å²) < 4.78 is 5.62. The molecule has 2 aromatic heterocycles. The molecule has 0 saturated carbocycles. The van der Waals surface area contributed by atoms with E-state index in [9.17, 15) is 4.79 Å². The highest BCUT2D eigenvalue weighted by Gasteiger charge is 2.47. The molecule has 1 N–H and O–H groups in total. The minimum Gasteiger partial charge on any atom is -0.444 e. The van der Waals surface area contributed by atoms with Gasteiger partial charge >= 0.3 is 6.09 Å². The van der Waals surface area contributed by atoms with Gasteiger partial charge in [0.25, 0.3) is 0 Å². The highest BCUT2D eigenvalue weighted by atomic mass is 32.2. The number of fused-ring (bicyclic) bond motifs is 2. The highest BCUT2D eigenvalue weighted by molar-refractivity contribution is 7.98. The predicted molar refractivity (Wildman–Crippen MR) is 148 cm³/mol. The molecule has 8 nitrogen and oxygen atoms in total. The van der Waals surface area contributed by atoms with Crippen molar-refractivity contribution in [1.82, 2.24) is 19.9 Å². The average molecular weight is 519 g/mol. The van der Waals surface area contributed by atoms with Gasteiger partial charge in [0.1, 0.15) is 17.2 Å². The Kier molecular flexibility index (Phi) is 6.98. The predicted octanol–water partition coefficient (Wildman–Crippen LogP) is 5.63. The zero-order valence-corrected chi connectivity index (χ0v) is 22.8. The molecule has 2 saturated heterocycles. The topological polar surface area (TPSA) is 83.5 Å². The number of nitrogens with zero attached hydrogens (tertiary/aromatic N) is 5. The molecular weight excluding hydrogens is 484 g/mol. The maximum atomic E-state index is 12.7. The van der Waals surface area contributed by atoms with Crippen molar-refractivity contribution in [2.45, 2.75) is 63.0 Å². The van der Waals surface area contributed by atoms with Crippen molar-refractivity contribution in [3.8, 4) is 11.3 Å². The molecule has 0 radical (unpaired) electrons. The first kappa shape index (κ1) is 25.3. The Hall–Kier alpha value is -3.33. The van der Waals surface area contributed by atoms with Gasteiger partial charge in [0.15, 0.2) is 5.16 Å². The van der Waals surface area contributed by atoms with E-state index in [0.717, 1.165) is 41.0 Å². The smallest absolute Gasteiger partial charge is 0.410 e. The lowest BCUT2D eigenvalue weighted by atomic mass is 10.1. The summed E-state index contributed by atoms with van der Waals surface area (Å²) in [6, 6.07) is 16.9. The maximum absolute atomic E-state index is 12.7. The summed E-state index contributed by atoms with van der Waals surface area (Å²) in [7, 11) is 0. The molecule has 9 heteroatoms. The molecule has 3 aromatic rings. The summed E-state index contributed by atoms with van der Waals surface area (Å²) in [5.41, 5.74) is 2.55. The second kappa shape index (κ2) is 10.2. The van der Waals surface area contributed by atoms with E-state index in [4.69, 9.17) is 14.7 Å². The third-order valence-electron chi connectivity index (χ3n) is 6.76. The van der Waals surface area contributed by atoms with Gasteiger partial charge in [-0.25, -0.2) is 19.7 Å². The van der Waals surface area contributed by atoms with Gasteiger partial charge in [-0.3, -0.25) is 0 Å². The summed E-state index contributed by atoms with van der Waals surface area (Å²) in [6.07, 6.45) is 4.50. The van der Waals surface area contributed by atoms with Crippen LogP contribution in [0.5, 0.6) is 0 Å². The van der Waals surface area contributed by atoms with Crippen LogP contribution in [0.25, 0.3) is 11.3 Å². The quantitative estimate of drug-likeness (QED) is 0.332. The van der Waals surface area contributed by atoms with E-state index in [0.29, 0.717) is 6.54 Å². The third-order valence-corrected chi connectivity index (χ3v) is 7.30. The Labute approximate surface area is 222 Å². The largest absolute Gasteiger partial charge is 0.444 e. The molecule has 194 valence electrons. The fourth-order valence-corrected chi connectivity index (χ4v) is 5.38. The van der Waals surface area contributed by atoms with Gasteiger partial charge in [0.05, 0.1) is 17.8 Å². The number of pyridine rings is 1. The van der Waals surface area contributed by atoms with Crippen molar-refractivity contribution >= 4 is 29.5 Å². The molecule has 4 heterocycles. The number of anilines is 2. The van der Waals surface area contributed by atoms with Gasteiger partial charge in [-0.15, -0.1) is 0 Å². The van der Waals surface area contributed by atoms with Crippen LogP contribution in [0.3, 0.4) is 0 Å². The second-order valence-corrected chi connectivity index (χ2v) is 11.4. The van der Waals surface area contributed by atoms with Crippen LogP contribution < -0.4 is 10.2 Å². The van der Waals surface area contributed by atoms with Crippen LogP contribution in [-0.4, -0.2) is 63.0 Å². The molecule has 2 aliphatic heterocycles. The van der Waals surface area contributed by atoms with Gasteiger partial charge in [-0.05, 0) is 58.1 Å². The van der Waals surface area contributed by atoms with Crippen molar-refractivity contribution in [2.24, 2.45) is 0 Å². The first-order valence-electron chi connectivity index (χ1n) is 12.7. The Morgan fingerprint density at radius 2 is 1.89 bits per heavy atom. The Morgan fingerprint density at radius 1 is 1.11 bits per heavy atom. The van der Waals surface area contributed by atoms with Crippen molar-refractivity contribution in [3.05, 3.63) is 60.3 Å². The minimum atomic E-state index is -0.495. The van der Waals surface area contributed by atoms with Crippen LogP contribution >= 0.6 is 11.8 Å². The van der Waals surface area contributed by atoms with Gasteiger partial charge in [-0.2, -0.15) is 0 Å². The molecule has 0 aliphatic carbocycles. The number of aromatic nitrogens is 3. The first-order valence-corrected chi connectivity index (χ1v) is 13.9. The molecule has 2 aliphatic rings. The molecule has 1 aromatic carbocycles. The van der Waals surface area contributed by atoms with Crippen LogP contribution in [0.2, 0.25) is 0 Å². The summed E-state index contributed by atoms with van der Waals surface area (Å²) in [4.78, 5) is 31.0. The van der Waals surface area contributed by atoms with Crippen molar-refractivity contribution in [2.75, 3.05) is 29.6 Å². The van der Waals surface area contributed by atoms with Crippen LogP contribution in [0, 0.1) is 0 Å². The Bertz CT molecular complexity index is 1270. The molecule has 2 fully saturated rings. The molecule has 0 spiro atoms. The van der Waals surface area contributed by atoms with Crippen LogP contribution in [-0.2, 0) is 4.74 Å². The molecular formula is C28H34N6O2S.